The van der Waals surface area contributed by atoms with Crippen LogP contribution in [0.2, 0.25) is 0 Å². The number of hydrogen-bond donors (Lipinski definition) is 1. The number of nitrogens with zero attached hydrogens (tertiary/aromatic N) is 3. The topological polar surface area (TPSA) is 58.1 Å². The summed E-state index contributed by atoms with van der Waals surface area (Å²) in [5, 5.41) is 3.12. The molecule has 2 heterocycles. The van der Waals surface area contributed by atoms with Gasteiger partial charge < -0.3 is 10.2 Å². The molecule has 1 saturated heterocycles. The zero-order chi connectivity index (χ0) is 11.9. The van der Waals surface area contributed by atoms with Crippen LogP contribution in [0.25, 0.3) is 0 Å². The number of carbonyl (C=O) groups is 1. The van der Waals surface area contributed by atoms with E-state index in [-0.39, 0.29) is 5.91 Å². The van der Waals surface area contributed by atoms with Gasteiger partial charge in [-0.3, -0.25) is 4.79 Å². The fourth-order valence-electron chi connectivity index (χ4n) is 1.99. The summed E-state index contributed by atoms with van der Waals surface area (Å²) in [4.78, 5) is 21.7. The van der Waals surface area contributed by atoms with Crippen molar-refractivity contribution in [2.75, 3.05) is 25.0 Å². The summed E-state index contributed by atoms with van der Waals surface area (Å²) < 4.78 is 0. The molecular weight excluding hydrogens is 216 g/mol. The highest BCUT2D eigenvalue weighted by atomic mass is 16.2. The first kappa shape index (κ1) is 11.8. The summed E-state index contributed by atoms with van der Waals surface area (Å²) >= 11 is 0. The van der Waals surface area contributed by atoms with Gasteiger partial charge in [-0.25, -0.2) is 9.97 Å². The molecule has 1 aliphatic heterocycles. The standard InChI is InChI=1S/C12H18N4O/c17-12(16-8-2-1-3-9-16)5-7-14-11-4-6-13-10-15-11/h4,6,10H,1-3,5,7-9H2,(H,13,14,15). The van der Waals surface area contributed by atoms with E-state index < -0.39 is 0 Å². The molecule has 5 heteroatoms. The van der Waals surface area contributed by atoms with Gasteiger partial charge in [-0.2, -0.15) is 0 Å². The highest BCUT2D eigenvalue weighted by Crippen LogP contribution is 2.09. The molecule has 0 bridgehead atoms. The Bertz CT molecular complexity index is 349. The first-order chi connectivity index (χ1) is 8.36. The molecule has 2 rings (SSSR count). The number of rotatable bonds is 4. The number of amides is 1. The van der Waals surface area contributed by atoms with Crippen LogP contribution in [0, 0.1) is 0 Å². The van der Waals surface area contributed by atoms with E-state index in [4.69, 9.17) is 0 Å². The van der Waals surface area contributed by atoms with Gasteiger partial charge in [-0.15, -0.1) is 0 Å². The molecule has 1 aromatic rings. The molecule has 1 fully saturated rings. The van der Waals surface area contributed by atoms with Crippen molar-refractivity contribution in [3.8, 4) is 0 Å². The van der Waals surface area contributed by atoms with Gasteiger partial charge in [0.15, 0.2) is 0 Å². The van der Waals surface area contributed by atoms with Gasteiger partial charge in [0.2, 0.25) is 5.91 Å². The Morgan fingerprint density at radius 1 is 1.35 bits per heavy atom. The van der Waals surface area contributed by atoms with Crippen molar-refractivity contribution in [1.29, 1.82) is 0 Å². The van der Waals surface area contributed by atoms with E-state index in [1.807, 2.05) is 4.90 Å². The van der Waals surface area contributed by atoms with Crippen LogP contribution in [-0.4, -0.2) is 40.4 Å². The number of hydrogen-bond acceptors (Lipinski definition) is 4. The van der Waals surface area contributed by atoms with Gasteiger partial charge in [-0.05, 0) is 25.3 Å². The lowest BCUT2D eigenvalue weighted by atomic mass is 10.1. The molecule has 0 aromatic carbocycles. The van der Waals surface area contributed by atoms with E-state index in [9.17, 15) is 4.79 Å². The molecule has 1 amide bonds. The van der Waals surface area contributed by atoms with Crippen LogP contribution in [0.1, 0.15) is 25.7 Å². The number of piperidine rings is 1. The molecule has 5 nitrogen and oxygen atoms in total. The van der Waals surface area contributed by atoms with Crippen LogP contribution in [0.4, 0.5) is 5.82 Å². The van der Waals surface area contributed by atoms with Crippen LogP contribution in [0.3, 0.4) is 0 Å². The van der Waals surface area contributed by atoms with Crippen molar-refractivity contribution in [2.45, 2.75) is 25.7 Å². The van der Waals surface area contributed by atoms with E-state index in [1.165, 1.54) is 12.7 Å². The quantitative estimate of drug-likeness (QED) is 0.853. The lowest BCUT2D eigenvalue weighted by Gasteiger charge is -2.26. The minimum atomic E-state index is 0.242. The Labute approximate surface area is 101 Å². The van der Waals surface area contributed by atoms with Crippen molar-refractivity contribution in [3.05, 3.63) is 18.6 Å². The predicted molar refractivity (Wildman–Crippen MR) is 65.6 cm³/mol. The average Bonchev–Trinajstić information content (AvgIpc) is 2.41. The number of anilines is 1. The van der Waals surface area contributed by atoms with E-state index in [0.29, 0.717) is 13.0 Å². The normalized spacial score (nSPS) is 15.6. The maximum absolute atomic E-state index is 11.8. The van der Waals surface area contributed by atoms with E-state index >= 15 is 0 Å². The summed E-state index contributed by atoms with van der Waals surface area (Å²) in [6.45, 7) is 2.48. The second-order valence-electron chi connectivity index (χ2n) is 4.21. The zero-order valence-electron chi connectivity index (χ0n) is 9.93. The molecule has 17 heavy (non-hydrogen) atoms. The molecule has 0 spiro atoms. The van der Waals surface area contributed by atoms with Gasteiger partial charge >= 0.3 is 0 Å². The molecule has 1 N–H and O–H groups in total. The van der Waals surface area contributed by atoms with Gasteiger partial charge in [0, 0.05) is 32.3 Å². The lowest BCUT2D eigenvalue weighted by Crippen LogP contribution is -2.36. The van der Waals surface area contributed by atoms with Crippen molar-refractivity contribution in [2.24, 2.45) is 0 Å². The van der Waals surface area contributed by atoms with Crippen LogP contribution in [0.15, 0.2) is 18.6 Å². The smallest absolute Gasteiger partial charge is 0.224 e. The SMILES string of the molecule is O=C(CCNc1ccncn1)N1CCCCC1. The molecule has 92 valence electrons. The van der Waals surface area contributed by atoms with Crippen LogP contribution < -0.4 is 5.32 Å². The number of carbonyl (C=O) groups excluding carboxylic acids is 1. The maximum Gasteiger partial charge on any atom is 0.224 e. The number of likely N-dealkylation sites (tertiary alicyclic amines) is 1. The largest absolute Gasteiger partial charge is 0.369 e. The van der Waals surface area contributed by atoms with Crippen molar-refractivity contribution >= 4 is 11.7 Å². The zero-order valence-corrected chi connectivity index (χ0v) is 9.93. The van der Waals surface area contributed by atoms with E-state index in [2.05, 4.69) is 15.3 Å². The summed E-state index contributed by atoms with van der Waals surface area (Å²) in [5.41, 5.74) is 0. The van der Waals surface area contributed by atoms with Crippen LogP contribution in [0.5, 0.6) is 0 Å². The third kappa shape index (κ3) is 3.69. The van der Waals surface area contributed by atoms with Crippen LogP contribution >= 0.6 is 0 Å². The van der Waals surface area contributed by atoms with Gasteiger partial charge in [-0.1, -0.05) is 0 Å². The Balaban J connectivity index is 1.69. The Kier molecular flexibility index (Phi) is 4.30. The van der Waals surface area contributed by atoms with Crippen molar-refractivity contribution in [1.82, 2.24) is 14.9 Å². The maximum atomic E-state index is 11.8. The molecular formula is C12H18N4O. The summed E-state index contributed by atoms with van der Waals surface area (Å²) in [7, 11) is 0. The van der Waals surface area contributed by atoms with Gasteiger partial charge in [0.25, 0.3) is 0 Å². The second kappa shape index (κ2) is 6.18. The van der Waals surface area contributed by atoms with Gasteiger partial charge in [0.1, 0.15) is 12.1 Å². The Morgan fingerprint density at radius 2 is 2.18 bits per heavy atom. The third-order valence-electron chi connectivity index (χ3n) is 2.94. The lowest BCUT2D eigenvalue weighted by molar-refractivity contribution is -0.131. The summed E-state index contributed by atoms with van der Waals surface area (Å²) in [5.74, 6) is 1.01. The first-order valence-electron chi connectivity index (χ1n) is 6.14. The monoisotopic (exact) mass is 234 g/mol. The fraction of sp³-hybridized carbons (Fsp3) is 0.583. The molecule has 1 aromatic heterocycles. The predicted octanol–water partition coefficient (Wildman–Crippen LogP) is 1.29. The molecule has 1 aliphatic rings. The number of nitrogens with one attached hydrogen (secondary N) is 1. The molecule has 0 unspecified atom stereocenters. The highest BCUT2D eigenvalue weighted by molar-refractivity contribution is 5.76. The van der Waals surface area contributed by atoms with E-state index in [0.717, 1.165) is 31.7 Å². The first-order valence-corrected chi connectivity index (χ1v) is 6.14. The summed E-state index contributed by atoms with van der Waals surface area (Å²) in [6.07, 6.45) is 7.25. The Hall–Kier alpha value is -1.65. The molecule has 0 radical (unpaired) electrons. The van der Waals surface area contributed by atoms with Crippen molar-refractivity contribution in [3.63, 3.8) is 0 Å². The fourth-order valence-corrected chi connectivity index (χ4v) is 1.99. The summed E-state index contributed by atoms with van der Waals surface area (Å²) in [6, 6.07) is 1.80. The van der Waals surface area contributed by atoms with Gasteiger partial charge in [0.05, 0.1) is 0 Å². The van der Waals surface area contributed by atoms with Crippen LogP contribution in [-0.2, 0) is 4.79 Å². The second-order valence-corrected chi connectivity index (χ2v) is 4.21. The third-order valence-corrected chi connectivity index (χ3v) is 2.94. The average molecular weight is 234 g/mol. The Morgan fingerprint density at radius 3 is 2.88 bits per heavy atom. The van der Waals surface area contributed by atoms with Crippen molar-refractivity contribution < 1.29 is 4.79 Å². The highest BCUT2D eigenvalue weighted by Gasteiger charge is 2.15. The van der Waals surface area contributed by atoms with E-state index in [1.54, 1.807) is 12.3 Å². The minimum absolute atomic E-state index is 0.242. The molecule has 0 aliphatic carbocycles. The molecule has 0 atom stereocenters. The number of aromatic nitrogens is 2. The molecule has 0 saturated carbocycles. The minimum Gasteiger partial charge on any atom is -0.369 e.